The van der Waals surface area contributed by atoms with E-state index in [4.69, 9.17) is 0 Å². The topological polar surface area (TPSA) is 52.7 Å². The van der Waals surface area contributed by atoms with Crippen molar-refractivity contribution in [3.05, 3.63) is 17.5 Å². The number of hydrogen-bond acceptors (Lipinski definition) is 3. The summed E-state index contributed by atoms with van der Waals surface area (Å²) in [5, 5.41) is 14.0. The molecule has 1 rings (SSSR count). The minimum atomic E-state index is 0.199. The highest BCUT2D eigenvalue weighted by Crippen LogP contribution is 1.99. The van der Waals surface area contributed by atoms with Gasteiger partial charge in [0.05, 0.1) is 5.69 Å². The van der Waals surface area contributed by atoms with Crippen LogP contribution in [-0.4, -0.2) is 28.8 Å². The highest BCUT2D eigenvalue weighted by Gasteiger charge is 2.06. The Bertz CT molecular complexity index is 298. The predicted molar refractivity (Wildman–Crippen MR) is 67.4 cm³/mol. The van der Waals surface area contributed by atoms with Gasteiger partial charge in [0.1, 0.15) is 0 Å². The fraction of sp³-hybridized carbons (Fsp3) is 0.750. The molecule has 16 heavy (non-hydrogen) atoms. The van der Waals surface area contributed by atoms with Crippen molar-refractivity contribution < 1.29 is 0 Å². The molecule has 0 atom stereocenters. The number of hydrogen-bond donors (Lipinski definition) is 3. The maximum absolute atomic E-state index is 4.19. The lowest BCUT2D eigenvalue weighted by Gasteiger charge is -2.20. The third-order valence-electron chi connectivity index (χ3n) is 2.32. The molecule has 4 nitrogen and oxygen atoms in total. The van der Waals surface area contributed by atoms with Crippen LogP contribution in [0, 0.1) is 0 Å². The average molecular weight is 224 g/mol. The molecule has 0 aromatic carbocycles. The molecule has 0 unspecified atom stereocenters. The number of aromatic nitrogens is 2. The first-order chi connectivity index (χ1) is 7.51. The molecular formula is C12H24N4. The zero-order valence-corrected chi connectivity index (χ0v) is 10.9. The number of aromatic amines is 1. The summed E-state index contributed by atoms with van der Waals surface area (Å²) in [4.78, 5) is 0. The second kappa shape index (κ2) is 6.01. The number of H-pyrrole nitrogens is 1. The Balaban J connectivity index is 2.11. The minimum Gasteiger partial charge on any atom is -0.311 e. The third-order valence-corrected chi connectivity index (χ3v) is 2.32. The van der Waals surface area contributed by atoms with E-state index >= 15 is 0 Å². The Labute approximate surface area is 98.2 Å². The molecule has 1 heterocycles. The van der Waals surface area contributed by atoms with Gasteiger partial charge in [0.2, 0.25) is 0 Å². The van der Waals surface area contributed by atoms with Crippen LogP contribution in [0.4, 0.5) is 0 Å². The van der Waals surface area contributed by atoms with Gasteiger partial charge in [-0.2, -0.15) is 5.10 Å². The van der Waals surface area contributed by atoms with Crippen molar-refractivity contribution in [2.45, 2.75) is 46.2 Å². The summed E-state index contributed by atoms with van der Waals surface area (Å²) in [6.45, 7) is 11.5. The lowest BCUT2D eigenvalue weighted by atomic mass is 10.1. The monoisotopic (exact) mass is 224 g/mol. The molecule has 0 aliphatic heterocycles. The molecule has 0 radical (unpaired) electrons. The Morgan fingerprint density at radius 2 is 2.06 bits per heavy atom. The van der Waals surface area contributed by atoms with E-state index in [0.717, 1.165) is 37.4 Å². The third kappa shape index (κ3) is 5.28. The van der Waals surface area contributed by atoms with E-state index in [9.17, 15) is 0 Å². The molecule has 92 valence electrons. The normalized spacial score (nSPS) is 12.0. The zero-order chi connectivity index (χ0) is 12.0. The molecule has 0 bridgehead atoms. The van der Waals surface area contributed by atoms with E-state index in [1.165, 1.54) is 0 Å². The number of aryl methyl sites for hydroxylation is 1. The summed E-state index contributed by atoms with van der Waals surface area (Å²) in [5.41, 5.74) is 2.49. The van der Waals surface area contributed by atoms with Gasteiger partial charge in [-0.3, -0.25) is 5.10 Å². The van der Waals surface area contributed by atoms with E-state index < -0.39 is 0 Å². The van der Waals surface area contributed by atoms with Gasteiger partial charge in [0.25, 0.3) is 0 Å². The molecule has 1 aromatic rings. The zero-order valence-electron chi connectivity index (χ0n) is 10.9. The molecule has 0 fully saturated rings. The molecule has 0 saturated carbocycles. The van der Waals surface area contributed by atoms with Gasteiger partial charge in [-0.1, -0.05) is 6.92 Å². The second-order valence-corrected chi connectivity index (χ2v) is 5.09. The Morgan fingerprint density at radius 1 is 1.31 bits per heavy atom. The van der Waals surface area contributed by atoms with Crippen LogP contribution in [0.25, 0.3) is 0 Å². The van der Waals surface area contributed by atoms with Gasteiger partial charge in [-0.15, -0.1) is 0 Å². The van der Waals surface area contributed by atoms with Crippen molar-refractivity contribution >= 4 is 0 Å². The highest BCUT2D eigenvalue weighted by atomic mass is 15.1. The molecule has 0 saturated heterocycles. The fourth-order valence-corrected chi connectivity index (χ4v) is 1.43. The predicted octanol–water partition coefficient (Wildman–Crippen LogP) is 1.45. The summed E-state index contributed by atoms with van der Waals surface area (Å²) in [5.74, 6) is 0. The van der Waals surface area contributed by atoms with Crippen LogP contribution in [-0.2, 0) is 13.0 Å². The van der Waals surface area contributed by atoms with E-state index in [0.29, 0.717) is 0 Å². The van der Waals surface area contributed by atoms with Gasteiger partial charge in [0.15, 0.2) is 0 Å². The molecule has 0 amide bonds. The lowest BCUT2D eigenvalue weighted by molar-refractivity contribution is 0.421. The quantitative estimate of drug-likeness (QED) is 0.641. The second-order valence-electron chi connectivity index (χ2n) is 5.09. The Morgan fingerprint density at radius 3 is 2.62 bits per heavy atom. The molecule has 0 aliphatic rings. The first-order valence-corrected chi connectivity index (χ1v) is 6.00. The molecule has 0 aliphatic carbocycles. The summed E-state index contributed by atoms with van der Waals surface area (Å²) < 4.78 is 0. The van der Waals surface area contributed by atoms with E-state index in [-0.39, 0.29) is 5.54 Å². The lowest BCUT2D eigenvalue weighted by Crippen LogP contribution is -2.40. The first-order valence-electron chi connectivity index (χ1n) is 6.00. The molecule has 3 N–H and O–H groups in total. The first kappa shape index (κ1) is 13.2. The largest absolute Gasteiger partial charge is 0.311 e. The van der Waals surface area contributed by atoms with Crippen molar-refractivity contribution in [3.8, 4) is 0 Å². The smallest absolute Gasteiger partial charge is 0.0622 e. The fourth-order valence-electron chi connectivity index (χ4n) is 1.43. The average Bonchev–Trinajstić information content (AvgIpc) is 2.63. The van der Waals surface area contributed by atoms with Gasteiger partial charge < -0.3 is 10.6 Å². The Hall–Kier alpha value is -0.870. The van der Waals surface area contributed by atoms with Crippen LogP contribution in [0.3, 0.4) is 0 Å². The van der Waals surface area contributed by atoms with Gasteiger partial charge in [-0.25, -0.2) is 0 Å². The number of rotatable bonds is 6. The van der Waals surface area contributed by atoms with Crippen molar-refractivity contribution in [2.24, 2.45) is 0 Å². The summed E-state index contributed by atoms with van der Waals surface area (Å²) in [7, 11) is 0. The summed E-state index contributed by atoms with van der Waals surface area (Å²) in [6.07, 6.45) is 0.988. The van der Waals surface area contributed by atoms with Gasteiger partial charge in [-0.05, 0) is 33.3 Å². The summed E-state index contributed by atoms with van der Waals surface area (Å²) in [6, 6.07) is 2.12. The highest BCUT2D eigenvalue weighted by molar-refractivity contribution is 5.07. The van der Waals surface area contributed by atoms with Crippen molar-refractivity contribution in [1.82, 2.24) is 20.8 Å². The molecule has 4 heteroatoms. The van der Waals surface area contributed by atoms with Crippen LogP contribution < -0.4 is 10.6 Å². The van der Waals surface area contributed by atoms with E-state index in [1.807, 2.05) is 0 Å². The van der Waals surface area contributed by atoms with Crippen LogP contribution in [0.1, 0.15) is 39.1 Å². The SMILES string of the molecule is CCc1cc(CNCCNC(C)(C)C)[nH]n1. The maximum atomic E-state index is 4.19. The number of nitrogens with zero attached hydrogens (tertiary/aromatic N) is 1. The van der Waals surface area contributed by atoms with Crippen LogP contribution in [0.5, 0.6) is 0 Å². The minimum absolute atomic E-state index is 0.199. The molecular weight excluding hydrogens is 200 g/mol. The molecule has 0 spiro atoms. The molecule has 1 aromatic heterocycles. The number of nitrogens with one attached hydrogen (secondary N) is 3. The van der Waals surface area contributed by atoms with Crippen molar-refractivity contribution in [1.29, 1.82) is 0 Å². The van der Waals surface area contributed by atoms with Crippen molar-refractivity contribution in [2.75, 3.05) is 13.1 Å². The van der Waals surface area contributed by atoms with Crippen molar-refractivity contribution in [3.63, 3.8) is 0 Å². The van der Waals surface area contributed by atoms with Crippen LogP contribution >= 0.6 is 0 Å². The summed E-state index contributed by atoms with van der Waals surface area (Å²) >= 11 is 0. The standard InChI is InChI=1S/C12H24N4/c1-5-10-8-11(16-15-10)9-13-6-7-14-12(2,3)4/h8,13-14H,5-7,9H2,1-4H3,(H,15,16). The van der Waals surface area contributed by atoms with E-state index in [1.54, 1.807) is 0 Å². The van der Waals surface area contributed by atoms with Gasteiger partial charge in [0, 0.05) is 30.9 Å². The van der Waals surface area contributed by atoms with Gasteiger partial charge >= 0.3 is 0 Å². The Kier molecular flexibility index (Phi) is 4.96. The maximum Gasteiger partial charge on any atom is 0.0622 e. The van der Waals surface area contributed by atoms with Crippen LogP contribution in [0.2, 0.25) is 0 Å². The van der Waals surface area contributed by atoms with Crippen LogP contribution in [0.15, 0.2) is 6.07 Å². The van der Waals surface area contributed by atoms with E-state index in [2.05, 4.69) is 54.6 Å².